The molecule has 5 unspecified atom stereocenters. The minimum Gasteiger partial charge on any atom is -0.481 e. The number of carbonyl (C=O) groups is 4. The van der Waals surface area contributed by atoms with E-state index in [-0.39, 0.29) is 69.4 Å². The van der Waals surface area contributed by atoms with Gasteiger partial charge in [0.05, 0.1) is 17.9 Å². The number of piperidine rings is 1. The van der Waals surface area contributed by atoms with Crippen molar-refractivity contribution in [3.8, 4) is 0 Å². The standard InChI is InChI=1S/C46H72N2O6/c1-26(2)37-33(50)23-46(36(51)25-48-39(52)27-11-10-20-47-24-27)19-18-44(8)29(38(37)46)12-13-35-43(7)16-14-28(41(3,4)34(43)15-17-45(35,44)9)21-32(49)30-22-31(40(53)54)42(30,5)6/h26-31,34-36,47,51H,10-25H2,1-9H3,(H,48,52)(H,53,54)/t27?,28?,29?,30-,31+,34+,35-,36+,43+,44-,45?,46?/m1/s1. The molecular weight excluding hydrogens is 677 g/mol. The average molecular weight is 749 g/mol. The number of Topliss-reactive ketones (excluding diaryl/α,β-unsaturated/α-hetero) is 2. The highest BCUT2D eigenvalue weighted by Gasteiger charge is 2.70. The van der Waals surface area contributed by atoms with Gasteiger partial charge in [-0.05, 0) is 139 Å². The smallest absolute Gasteiger partial charge is 0.307 e. The molecule has 12 atom stereocenters. The van der Waals surface area contributed by atoms with Crippen LogP contribution in [0.3, 0.4) is 0 Å². The van der Waals surface area contributed by atoms with Crippen LogP contribution in [0.1, 0.15) is 146 Å². The van der Waals surface area contributed by atoms with E-state index in [1.807, 2.05) is 13.8 Å². The van der Waals surface area contributed by atoms with Crippen molar-refractivity contribution in [1.82, 2.24) is 10.6 Å². The summed E-state index contributed by atoms with van der Waals surface area (Å²) < 4.78 is 0. The minimum atomic E-state index is -0.796. The van der Waals surface area contributed by atoms with Crippen molar-refractivity contribution in [2.45, 2.75) is 152 Å². The minimum absolute atomic E-state index is 0.00298. The average Bonchev–Trinajstić information content (AvgIpc) is 3.41. The van der Waals surface area contributed by atoms with Crippen LogP contribution in [0.2, 0.25) is 0 Å². The van der Waals surface area contributed by atoms with Crippen LogP contribution in [-0.2, 0) is 19.2 Å². The van der Waals surface area contributed by atoms with E-state index in [0.29, 0.717) is 43.6 Å². The van der Waals surface area contributed by atoms with Crippen LogP contribution in [0.15, 0.2) is 11.1 Å². The molecule has 7 rings (SSSR count). The summed E-state index contributed by atoms with van der Waals surface area (Å²) in [5.41, 5.74) is 1.30. The van der Waals surface area contributed by atoms with E-state index in [4.69, 9.17) is 0 Å². The summed E-state index contributed by atoms with van der Waals surface area (Å²) in [6, 6.07) is 0. The molecule has 0 aromatic carbocycles. The van der Waals surface area contributed by atoms with Gasteiger partial charge in [-0.15, -0.1) is 0 Å². The maximum Gasteiger partial charge on any atom is 0.307 e. The Kier molecular flexibility index (Phi) is 10.1. The Balaban J connectivity index is 1.13. The molecule has 6 aliphatic carbocycles. The first-order chi connectivity index (χ1) is 25.2. The molecule has 5 saturated carbocycles. The Hall–Kier alpha value is -2.06. The number of allylic oxidation sites excluding steroid dienone is 1. The number of carboxylic acid groups (broad SMARTS) is 1. The molecule has 0 aromatic rings. The highest BCUT2D eigenvalue weighted by molar-refractivity contribution is 6.01. The Labute approximate surface area is 325 Å². The van der Waals surface area contributed by atoms with Crippen LogP contribution in [0.25, 0.3) is 0 Å². The second-order valence-electron chi connectivity index (χ2n) is 21.9. The number of hydrogen-bond acceptors (Lipinski definition) is 6. The number of carbonyl (C=O) groups excluding carboxylic acids is 3. The summed E-state index contributed by atoms with van der Waals surface area (Å²) in [6.45, 7) is 22.6. The largest absolute Gasteiger partial charge is 0.481 e. The predicted octanol–water partition coefficient (Wildman–Crippen LogP) is 7.77. The van der Waals surface area contributed by atoms with Crippen LogP contribution in [0, 0.1) is 79.8 Å². The quantitative estimate of drug-likeness (QED) is 0.190. The molecule has 7 aliphatic rings. The maximum atomic E-state index is 14.1. The summed E-state index contributed by atoms with van der Waals surface area (Å²) in [4.78, 5) is 52.9. The lowest BCUT2D eigenvalue weighted by Gasteiger charge is -2.72. The number of rotatable bonds is 9. The molecule has 0 aromatic heterocycles. The summed E-state index contributed by atoms with van der Waals surface area (Å²) in [7, 11) is 0. The molecule has 1 saturated heterocycles. The second-order valence-corrected chi connectivity index (χ2v) is 21.9. The van der Waals surface area contributed by atoms with E-state index in [9.17, 15) is 29.4 Å². The Bertz CT molecular complexity index is 1590. The van der Waals surface area contributed by atoms with Crippen molar-refractivity contribution in [3.63, 3.8) is 0 Å². The molecule has 6 fully saturated rings. The summed E-state index contributed by atoms with van der Waals surface area (Å²) in [6.07, 6.45) is 10.7. The molecular formula is C46H72N2O6. The Morgan fingerprint density at radius 2 is 1.57 bits per heavy atom. The molecule has 0 spiro atoms. The van der Waals surface area contributed by atoms with Gasteiger partial charge >= 0.3 is 5.97 Å². The zero-order valence-electron chi connectivity index (χ0n) is 35.0. The third kappa shape index (κ3) is 5.69. The monoisotopic (exact) mass is 749 g/mol. The van der Waals surface area contributed by atoms with E-state index >= 15 is 0 Å². The van der Waals surface area contributed by atoms with E-state index < -0.39 is 28.8 Å². The fraction of sp³-hybridized carbons (Fsp3) is 0.870. The lowest BCUT2D eigenvalue weighted by atomic mass is 9.32. The Morgan fingerprint density at radius 1 is 0.852 bits per heavy atom. The molecule has 0 radical (unpaired) electrons. The highest BCUT2D eigenvalue weighted by atomic mass is 16.4. The van der Waals surface area contributed by atoms with Crippen LogP contribution in [0.4, 0.5) is 0 Å². The number of aliphatic hydroxyl groups is 1. The van der Waals surface area contributed by atoms with Gasteiger partial charge in [0.2, 0.25) is 5.91 Å². The number of ketones is 2. The summed E-state index contributed by atoms with van der Waals surface area (Å²) in [5, 5.41) is 28.3. The van der Waals surface area contributed by atoms with Crippen LogP contribution in [-0.4, -0.2) is 59.4 Å². The fourth-order valence-electron chi connectivity index (χ4n) is 15.4. The number of hydrogen-bond donors (Lipinski definition) is 4. The number of fused-ring (bicyclic) bond motifs is 7. The molecule has 54 heavy (non-hydrogen) atoms. The zero-order chi connectivity index (χ0) is 39.4. The Morgan fingerprint density at radius 3 is 2.20 bits per heavy atom. The number of nitrogens with one attached hydrogen (secondary N) is 2. The van der Waals surface area contributed by atoms with E-state index in [1.165, 1.54) is 5.57 Å². The van der Waals surface area contributed by atoms with Gasteiger partial charge in [-0.3, -0.25) is 19.2 Å². The highest BCUT2D eigenvalue weighted by Crippen LogP contribution is 2.77. The normalized spacial score (nSPS) is 44.3. The van der Waals surface area contributed by atoms with Crippen molar-refractivity contribution in [2.75, 3.05) is 19.6 Å². The lowest BCUT2D eigenvalue weighted by molar-refractivity contribution is -0.224. The first kappa shape index (κ1) is 40.1. The second kappa shape index (κ2) is 13.5. The molecule has 8 heteroatoms. The predicted molar refractivity (Wildman–Crippen MR) is 210 cm³/mol. The first-order valence-corrected chi connectivity index (χ1v) is 21.9. The van der Waals surface area contributed by atoms with Crippen molar-refractivity contribution in [2.24, 2.45) is 79.8 Å². The molecule has 1 amide bonds. The summed E-state index contributed by atoms with van der Waals surface area (Å²) >= 11 is 0. The van der Waals surface area contributed by atoms with Gasteiger partial charge in [0.15, 0.2) is 5.78 Å². The van der Waals surface area contributed by atoms with Crippen LogP contribution >= 0.6 is 0 Å². The van der Waals surface area contributed by atoms with E-state index in [1.54, 1.807) is 0 Å². The topological polar surface area (TPSA) is 133 Å². The summed E-state index contributed by atoms with van der Waals surface area (Å²) in [5.74, 6) is 0.681. The molecule has 1 heterocycles. The van der Waals surface area contributed by atoms with Gasteiger partial charge in [-0.25, -0.2) is 0 Å². The van der Waals surface area contributed by atoms with Gasteiger partial charge < -0.3 is 20.8 Å². The van der Waals surface area contributed by atoms with Crippen molar-refractivity contribution < 1.29 is 29.4 Å². The van der Waals surface area contributed by atoms with Gasteiger partial charge in [-0.1, -0.05) is 67.9 Å². The first-order valence-electron chi connectivity index (χ1n) is 21.9. The molecule has 1 aliphatic heterocycles. The fourth-order valence-corrected chi connectivity index (χ4v) is 15.4. The van der Waals surface area contributed by atoms with Crippen molar-refractivity contribution >= 4 is 23.4 Å². The van der Waals surface area contributed by atoms with Gasteiger partial charge in [0, 0.05) is 37.3 Å². The SMILES string of the molecule is CC(C)C1=C2C3CC[C@H]4C(C)(CC[C@H]5C(C)(C)C(CC(=O)[C@H]6C[C@@H](C(=O)O)C6(C)C)CC[C@@]54C)[C@]3(C)CCC2([C@@H](O)CNC(=O)C2CCCNC2)CC1=O. The number of aliphatic hydroxyl groups excluding tert-OH is 1. The van der Waals surface area contributed by atoms with Gasteiger partial charge in [0.1, 0.15) is 5.78 Å². The molecule has 4 N–H and O–H groups in total. The van der Waals surface area contributed by atoms with Crippen molar-refractivity contribution in [1.29, 1.82) is 0 Å². The third-order valence-electron chi connectivity index (χ3n) is 18.9. The van der Waals surface area contributed by atoms with E-state index in [2.05, 4.69) is 59.1 Å². The molecule has 302 valence electrons. The lowest BCUT2D eigenvalue weighted by Crippen LogP contribution is -2.65. The van der Waals surface area contributed by atoms with Crippen LogP contribution < -0.4 is 10.6 Å². The third-order valence-corrected chi connectivity index (χ3v) is 18.9. The van der Waals surface area contributed by atoms with Gasteiger partial charge in [0.25, 0.3) is 0 Å². The number of aliphatic carboxylic acids is 1. The van der Waals surface area contributed by atoms with Crippen molar-refractivity contribution in [3.05, 3.63) is 11.1 Å². The maximum absolute atomic E-state index is 14.1. The van der Waals surface area contributed by atoms with E-state index in [0.717, 1.165) is 76.3 Å². The molecule has 0 bridgehead atoms. The zero-order valence-corrected chi connectivity index (χ0v) is 35.0. The number of amides is 1. The number of carboxylic acids is 1. The van der Waals surface area contributed by atoms with Crippen LogP contribution in [0.5, 0.6) is 0 Å². The van der Waals surface area contributed by atoms with Gasteiger partial charge in [-0.2, -0.15) is 0 Å². The molecule has 8 nitrogen and oxygen atoms in total.